The Morgan fingerprint density at radius 1 is 1.12 bits per heavy atom. The number of benzene rings is 1. The van der Waals surface area contributed by atoms with Crippen LogP contribution in [-0.4, -0.2) is 19.9 Å². The first-order valence-electron chi connectivity index (χ1n) is 7.61. The van der Waals surface area contributed by atoms with E-state index in [2.05, 4.69) is 15.4 Å². The van der Waals surface area contributed by atoms with Crippen molar-refractivity contribution < 1.29 is 5.11 Å². The maximum Gasteiger partial charge on any atom is 0.155 e. The largest absolute Gasteiger partial charge is 0.384 e. The maximum atomic E-state index is 10.1. The summed E-state index contributed by atoms with van der Waals surface area (Å²) in [5, 5.41) is 18.4. The van der Waals surface area contributed by atoms with Gasteiger partial charge in [-0.3, -0.25) is 0 Å². The molecule has 2 aromatic heterocycles. The summed E-state index contributed by atoms with van der Waals surface area (Å²) in [5.41, 5.74) is 1.57. The van der Waals surface area contributed by atoms with E-state index in [0.717, 1.165) is 11.3 Å². The van der Waals surface area contributed by atoms with E-state index in [1.54, 1.807) is 30.8 Å². The zero-order chi connectivity index (χ0) is 17.3. The standard InChI is InChI=1S/C18H19ClN4O/c1-12-10-16(20-14-6-4-13(19)5-7-14)21-17(11-12)23-9-8-15(22-23)18(2,3)24/h4-11,24H,1-3H3,(H,20,21). The number of nitrogens with zero attached hydrogens (tertiary/aromatic N) is 3. The van der Waals surface area contributed by atoms with Gasteiger partial charge in [0.15, 0.2) is 5.82 Å². The van der Waals surface area contributed by atoms with Crippen LogP contribution >= 0.6 is 11.6 Å². The minimum Gasteiger partial charge on any atom is -0.384 e. The monoisotopic (exact) mass is 342 g/mol. The van der Waals surface area contributed by atoms with Crippen LogP contribution in [0.3, 0.4) is 0 Å². The van der Waals surface area contributed by atoms with Crippen LogP contribution < -0.4 is 5.32 Å². The lowest BCUT2D eigenvalue weighted by molar-refractivity contribution is 0.0734. The van der Waals surface area contributed by atoms with Gasteiger partial charge in [0.1, 0.15) is 11.4 Å². The van der Waals surface area contributed by atoms with E-state index < -0.39 is 5.60 Å². The highest BCUT2D eigenvalue weighted by molar-refractivity contribution is 6.30. The number of pyridine rings is 1. The van der Waals surface area contributed by atoms with Crippen molar-refractivity contribution >= 4 is 23.1 Å². The highest BCUT2D eigenvalue weighted by atomic mass is 35.5. The minimum absolute atomic E-state index is 0.595. The van der Waals surface area contributed by atoms with Gasteiger partial charge in [-0.2, -0.15) is 5.10 Å². The average molecular weight is 343 g/mol. The molecule has 124 valence electrons. The highest BCUT2D eigenvalue weighted by Crippen LogP contribution is 2.22. The van der Waals surface area contributed by atoms with E-state index in [1.165, 1.54) is 0 Å². The lowest BCUT2D eigenvalue weighted by atomic mass is 10.1. The van der Waals surface area contributed by atoms with Crippen LogP contribution in [0.5, 0.6) is 0 Å². The zero-order valence-electron chi connectivity index (χ0n) is 13.8. The Morgan fingerprint density at radius 3 is 2.46 bits per heavy atom. The van der Waals surface area contributed by atoms with Gasteiger partial charge in [0.05, 0.1) is 5.69 Å². The molecule has 0 radical (unpaired) electrons. The molecule has 5 nitrogen and oxygen atoms in total. The Bertz CT molecular complexity index is 850. The van der Waals surface area contributed by atoms with Gasteiger partial charge in [-0.1, -0.05) is 11.6 Å². The molecule has 0 amide bonds. The topological polar surface area (TPSA) is 63.0 Å². The van der Waals surface area contributed by atoms with Gasteiger partial charge in [-0.05, 0) is 68.8 Å². The van der Waals surface area contributed by atoms with Crippen molar-refractivity contribution in [2.24, 2.45) is 0 Å². The third-order valence-electron chi connectivity index (χ3n) is 3.52. The first kappa shape index (κ1) is 16.5. The molecule has 0 aliphatic carbocycles. The Kier molecular flexibility index (Phi) is 4.30. The molecule has 0 bridgehead atoms. The van der Waals surface area contributed by atoms with Gasteiger partial charge in [-0.15, -0.1) is 0 Å². The molecule has 3 aromatic rings. The number of halogens is 1. The summed E-state index contributed by atoms with van der Waals surface area (Å²) < 4.78 is 1.66. The summed E-state index contributed by atoms with van der Waals surface area (Å²) in [6.07, 6.45) is 1.79. The minimum atomic E-state index is -0.987. The number of rotatable bonds is 4. The number of hydrogen-bond acceptors (Lipinski definition) is 4. The number of hydrogen-bond donors (Lipinski definition) is 2. The van der Waals surface area contributed by atoms with Crippen molar-refractivity contribution in [3.63, 3.8) is 0 Å². The van der Waals surface area contributed by atoms with Crippen LogP contribution in [0.15, 0.2) is 48.7 Å². The lowest BCUT2D eigenvalue weighted by Gasteiger charge is -2.13. The normalized spacial score (nSPS) is 11.5. The number of anilines is 2. The molecule has 0 atom stereocenters. The fourth-order valence-corrected chi connectivity index (χ4v) is 2.42. The summed E-state index contributed by atoms with van der Waals surface area (Å²) in [7, 11) is 0. The van der Waals surface area contributed by atoms with E-state index in [-0.39, 0.29) is 0 Å². The van der Waals surface area contributed by atoms with Crippen LogP contribution in [0.2, 0.25) is 5.02 Å². The third kappa shape index (κ3) is 3.75. The molecule has 0 aliphatic heterocycles. The number of aryl methyl sites for hydroxylation is 1. The second-order valence-electron chi connectivity index (χ2n) is 6.22. The van der Waals surface area contributed by atoms with Crippen LogP contribution in [0.1, 0.15) is 25.1 Å². The molecular formula is C18H19ClN4O. The quantitative estimate of drug-likeness (QED) is 0.746. The van der Waals surface area contributed by atoms with E-state index in [1.807, 2.05) is 43.3 Å². The predicted octanol–water partition coefficient (Wildman–Crippen LogP) is 4.20. The maximum absolute atomic E-state index is 10.1. The van der Waals surface area contributed by atoms with Gasteiger partial charge in [-0.25, -0.2) is 9.67 Å². The Morgan fingerprint density at radius 2 is 1.83 bits per heavy atom. The summed E-state index contributed by atoms with van der Waals surface area (Å²) >= 11 is 5.91. The second-order valence-corrected chi connectivity index (χ2v) is 6.66. The van der Waals surface area contributed by atoms with Crippen LogP contribution in [0, 0.1) is 6.92 Å². The van der Waals surface area contributed by atoms with Gasteiger partial charge in [0, 0.05) is 16.9 Å². The summed E-state index contributed by atoms with van der Waals surface area (Å²) in [4.78, 5) is 4.59. The number of aromatic nitrogens is 3. The molecule has 0 saturated carbocycles. The molecule has 0 fully saturated rings. The zero-order valence-corrected chi connectivity index (χ0v) is 14.5. The fraction of sp³-hybridized carbons (Fsp3) is 0.222. The SMILES string of the molecule is Cc1cc(Nc2ccc(Cl)cc2)nc(-n2ccc(C(C)(C)O)n2)c1. The summed E-state index contributed by atoms with van der Waals surface area (Å²) in [5.74, 6) is 1.40. The average Bonchev–Trinajstić information content (AvgIpc) is 2.99. The first-order chi connectivity index (χ1) is 11.3. The molecule has 0 aliphatic rings. The molecule has 1 aromatic carbocycles. The van der Waals surface area contributed by atoms with Crippen molar-refractivity contribution in [2.45, 2.75) is 26.4 Å². The fourth-order valence-electron chi connectivity index (χ4n) is 2.29. The molecular weight excluding hydrogens is 324 g/mol. The lowest BCUT2D eigenvalue weighted by Crippen LogP contribution is -2.16. The molecule has 0 saturated heterocycles. The van der Waals surface area contributed by atoms with Crippen molar-refractivity contribution in [1.29, 1.82) is 0 Å². The summed E-state index contributed by atoms with van der Waals surface area (Å²) in [6, 6.07) is 13.1. The molecule has 24 heavy (non-hydrogen) atoms. The smallest absolute Gasteiger partial charge is 0.155 e. The Balaban J connectivity index is 1.91. The summed E-state index contributed by atoms with van der Waals surface area (Å²) in [6.45, 7) is 5.41. The van der Waals surface area contributed by atoms with Crippen LogP contribution in [0.4, 0.5) is 11.5 Å². The van der Waals surface area contributed by atoms with Crippen LogP contribution in [-0.2, 0) is 5.60 Å². The van der Waals surface area contributed by atoms with Crippen LogP contribution in [0.25, 0.3) is 5.82 Å². The second kappa shape index (κ2) is 6.26. The molecule has 2 N–H and O–H groups in total. The van der Waals surface area contributed by atoms with Gasteiger partial charge in [0.25, 0.3) is 0 Å². The van der Waals surface area contributed by atoms with E-state index in [9.17, 15) is 5.11 Å². The van der Waals surface area contributed by atoms with E-state index in [0.29, 0.717) is 22.4 Å². The molecule has 0 spiro atoms. The number of nitrogens with one attached hydrogen (secondary N) is 1. The van der Waals surface area contributed by atoms with Crippen molar-refractivity contribution in [3.05, 3.63) is 64.9 Å². The van der Waals surface area contributed by atoms with E-state index in [4.69, 9.17) is 11.6 Å². The van der Waals surface area contributed by atoms with Crippen molar-refractivity contribution in [3.8, 4) is 5.82 Å². The third-order valence-corrected chi connectivity index (χ3v) is 3.78. The van der Waals surface area contributed by atoms with Gasteiger partial charge >= 0.3 is 0 Å². The highest BCUT2D eigenvalue weighted by Gasteiger charge is 2.19. The van der Waals surface area contributed by atoms with Crippen molar-refractivity contribution in [1.82, 2.24) is 14.8 Å². The Labute approximate surface area is 145 Å². The van der Waals surface area contributed by atoms with Gasteiger partial charge < -0.3 is 10.4 Å². The molecule has 0 unspecified atom stereocenters. The van der Waals surface area contributed by atoms with E-state index >= 15 is 0 Å². The predicted molar refractivity (Wildman–Crippen MR) is 96.1 cm³/mol. The van der Waals surface area contributed by atoms with Crippen molar-refractivity contribution in [2.75, 3.05) is 5.32 Å². The first-order valence-corrected chi connectivity index (χ1v) is 7.99. The molecule has 6 heteroatoms. The van der Waals surface area contributed by atoms with Gasteiger partial charge in [0.2, 0.25) is 0 Å². The number of aliphatic hydroxyl groups is 1. The molecule has 2 heterocycles. The molecule has 3 rings (SSSR count). The Hall–Kier alpha value is -2.37.